The van der Waals surface area contributed by atoms with Crippen molar-refractivity contribution < 1.29 is 8.42 Å². The van der Waals surface area contributed by atoms with E-state index in [1.807, 2.05) is 67.6 Å². The number of rotatable bonds is 4. The molecule has 6 heteroatoms. The summed E-state index contributed by atoms with van der Waals surface area (Å²) < 4.78 is 26.1. The fourth-order valence-electron chi connectivity index (χ4n) is 3.81. The molecule has 0 atom stereocenters. The predicted octanol–water partition coefficient (Wildman–Crippen LogP) is 6.06. The maximum absolute atomic E-state index is 13.1. The Kier molecular flexibility index (Phi) is 4.89. The lowest BCUT2D eigenvalue weighted by atomic mass is 10.0. The van der Waals surface area contributed by atoms with Crippen molar-refractivity contribution >= 4 is 37.4 Å². The van der Waals surface area contributed by atoms with Crippen LogP contribution in [0.4, 0.5) is 5.69 Å². The van der Waals surface area contributed by atoms with E-state index in [1.54, 1.807) is 18.2 Å². The lowest BCUT2D eigenvalue weighted by Gasteiger charge is -2.30. The molecule has 1 aromatic heterocycles. The summed E-state index contributed by atoms with van der Waals surface area (Å²) in [7, 11) is -4.27. The summed E-state index contributed by atoms with van der Waals surface area (Å²) in [5.74, 6) is 0. The van der Waals surface area contributed by atoms with Crippen molar-refractivity contribution in [2.75, 3.05) is 4.47 Å². The number of fused-ring (bicyclic) bond motifs is 2. The van der Waals surface area contributed by atoms with Gasteiger partial charge in [0.1, 0.15) is 0 Å². The molecule has 1 heterocycles. The summed E-state index contributed by atoms with van der Waals surface area (Å²) in [5.41, 5.74) is 2.82. The number of para-hydroxylation sites is 1. The highest BCUT2D eigenvalue weighted by Gasteiger charge is 2.20. The number of sulfonamides is 1. The molecule has 0 aliphatic rings. The lowest BCUT2D eigenvalue weighted by Crippen LogP contribution is -2.25. The first-order valence-electron chi connectivity index (χ1n) is 10.1. The lowest BCUT2D eigenvalue weighted by molar-refractivity contribution is 0.596. The standard InChI is InChI=1S/C26H19N2O3S/c1-18-12-15-21(16-13-18)32(30,31)28(29)25-11-5-8-20-14-17-24(27-26(20)25)23-10-4-7-19-6-2-3-9-22(19)23/h2-17H,1H3/q-1. The Labute approximate surface area is 186 Å². The molecule has 5 nitrogen and oxygen atoms in total. The number of hydrogen-bond donors (Lipinski definition) is 0. The molecule has 5 aromatic rings. The van der Waals surface area contributed by atoms with E-state index in [1.165, 1.54) is 18.2 Å². The minimum Gasteiger partial charge on any atom is -0.744 e. The first-order chi connectivity index (χ1) is 15.4. The van der Waals surface area contributed by atoms with Crippen LogP contribution in [-0.4, -0.2) is 13.4 Å². The third-order valence-electron chi connectivity index (χ3n) is 5.50. The molecule has 0 fully saturated rings. The van der Waals surface area contributed by atoms with E-state index in [0.29, 0.717) is 16.6 Å². The molecule has 0 saturated carbocycles. The van der Waals surface area contributed by atoms with E-state index in [-0.39, 0.29) is 15.1 Å². The second kappa shape index (κ2) is 7.75. The SMILES string of the molecule is Cc1ccc(S(=O)(=O)N([O-])c2cccc3ccc(-c4cccc5ccccc45)nc23)cc1. The van der Waals surface area contributed by atoms with Crippen LogP contribution in [0.15, 0.2) is 102 Å². The average molecular weight is 440 g/mol. The van der Waals surface area contributed by atoms with Crippen LogP contribution < -0.4 is 4.47 Å². The minimum atomic E-state index is -4.27. The normalized spacial score (nSPS) is 11.7. The summed E-state index contributed by atoms with van der Waals surface area (Å²) >= 11 is 0. The van der Waals surface area contributed by atoms with Gasteiger partial charge in [-0.1, -0.05) is 78.4 Å². The Hall–Kier alpha value is -3.74. The summed E-state index contributed by atoms with van der Waals surface area (Å²) in [5, 5.41) is 15.9. The van der Waals surface area contributed by atoms with Crippen molar-refractivity contribution in [1.82, 2.24) is 4.98 Å². The highest BCUT2D eigenvalue weighted by atomic mass is 32.2. The molecule has 32 heavy (non-hydrogen) atoms. The zero-order valence-corrected chi connectivity index (χ0v) is 18.1. The van der Waals surface area contributed by atoms with Gasteiger partial charge in [-0.25, -0.2) is 13.4 Å². The molecular formula is C26H19N2O3S-. The Morgan fingerprint density at radius 2 is 1.44 bits per heavy atom. The van der Waals surface area contributed by atoms with E-state index < -0.39 is 10.0 Å². The quantitative estimate of drug-likeness (QED) is 0.319. The van der Waals surface area contributed by atoms with Gasteiger partial charge in [0.15, 0.2) is 0 Å². The van der Waals surface area contributed by atoms with Crippen molar-refractivity contribution in [3.63, 3.8) is 0 Å². The van der Waals surface area contributed by atoms with E-state index in [0.717, 1.165) is 21.9 Å². The number of pyridine rings is 1. The van der Waals surface area contributed by atoms with Crippen LogP contribution in [0, 0.1) is 12.1 Å². The molecule has 0 spiro atoms. The van der Waals surface area contributed by atoms with Crippen molar-refractivity contribution in [2.45, 2.75) is 11.8 Å². The molecule has 0 N–H and O–H groups in total. The van der Waals surface area contributed by atoms with Crippen molar-refractivity contribution in [2.24, 2.45) is 0 Å². The smallest absolute Gasteiger partial charge is 0.254 e. The number of benzene rings is 4. The fourth-order valence-corrected chi connectivity index (χ4v) is 4.89. The Bertz CT molecular complexity index is 1560. The van der Waals surface area contributed by atoms with E-state index in [9.17, 15) is 13.6 Å². The van der Waals surface area contributed by atoms with Crippen molar-refractivity contribution in [3.05, 3.63) is 108 Å². The fraction of sp³-hybridized carbons (Fsp3) is 0.0385. The number of aryl methyl sites for hydroxylation is 1. The summed E-state index contributed by atoms with van der Waals surface area (Å²) in [6, 6.07) is 28.9. The second-order valence-corrected chi connectivity index (χ2v) is 9.37. The molecule has 0 aliphatic carbocycles. The third kappa shape index (κ3) is 3.39. The molecule has 0 amide bonds. The number of nitrogens with zero attached hydrogens (tertiary/aromatic N) is 2. The molecule has 158 valence electrons. The van der Waals surface area contributed by atoms with Gasteiger partial charge in [0.05, 0.1) is 21.8 Å². The van der Waals surface area contributed by atoms with E-state index in [4.69, 9.17) is 4.98 Å². The average Bonchev–Trinajstić information content (AvgIpc) is 2.83. The monoisotopic (exact) mass is 439 g/mol. The van der Waals surface area contributed by atoms with Gasteiger partial charge < -0.3 is 9.68 Å². The molecule has 0 saturated heterocycles. The molecule has 0 aliphatic heterocycles. The number of hydrogen-bond acceptors (Lipinski definition) is 4. The van der Waals surface area contributed by atoms with Crippen LogP contribution in [-0.2, 0) is 10.0 Å². The molecule has 5 rings (SSSR count). The van der Waals surface area contributed by atoms with Crippen LogP contribution >= 0.6 is 0 Å². The van der Waals surface area contributed by atoms with Gasteiger partial charge in [-0.05, 0) is 42.0 Å². The van der Waals surface area contributed by atoms with Gasteiger partial charge in [0, 0.05) is 10.9 Å². The highest BCUT2D eigenvalue weighted by Crippen LogP contribution is 2.33. The maximum Gasteiger partial charge on any atom is 0.254 e. The molecule has 0 bridgehead atoms. The summed E-state index contributed by atoms with van der Waals surface area (Å²) in [6.07, 6.45) is 0. The Balaban J connectivity index is 1.67. The van der Waals surface area contributed by atoms with Gasteiger partial charge in [-0.3, -0.25) is 0 Å². The first kappa shape index (κ1) is 20.2. The van der Waals surface area contributed by atoms with Crippen LogP contribution in [0.2, 0.25) is 0 Å². The highest BCUT2D eigenvalue weighted by molar-refractivity contribution is 7.93. The van der Waals surface area contributed by atoms with E-state index in [2.05, 4.69) is 0 Å². The largest absolute Gasteiger partial charge is 0.744 e. The third-order valence-corrected chi connectivity index (χ3v) is 7.00. The summed E-state index contributed by atoms with van der Waals surface area (Å²) in [6.45, 7) is 1.86. The zero-order chi connectivity index (χ0) is 22.3. The number of anilines is 1. The predicted molar refractivity (Wildman–Crippen MR) is 129 cm³/mol. The number of aromatic nitrogens is 1. The van der Waals surface area contributed by atoms with Crippen LogP contribution in [0.1, 0.15) is 5.56 Å². The van der Waals surface area contributed by atoms with Crippen LogP contribution in [0.25, 0.3) is 32.9 Å². The second-order valence-electron chi connectivity index (χ2n) is 7.62. The van der Waals surface area contributed by atoms with Crippen molar-refractivity contribution in [3.8, 4) is 11.3 Å². The Morgan fingerprint density at radius 1 is 0.750 bits per heavy atom. The Morgan fingerprint density at radius 3 is 2.25 bits per heavy atom. The molecule has 4 aromatic carbocycles. The molecular weight excluding hydrogens is 420 g/mol. The minimum absolute atomic E-state index is 0.00911. The molecule has 0 unspecified atom stereocenters. The van der Waals surface area contributed by atoms with Gasteiger partial charge in [-0.15, -0.1) is 0 Å². The van der Waals surface area contributed by atoms with E-state index >= 15 is 0 Å². The topological polar surface area (TPSA) is 73.3 Å². The van der Waals surface area contributed by atoms with Crippen LogP contribution in [0.3, 0.4) is 0 Å². The van der Waals surface area contributed by atoms with Crippen LogP contribution in [0.5, 0.6) is 0 Å². The van der Waals surface area contributed by atoms with Gasteiger partial charge in [-0.2, -0.15) is 0 Å². The zero-order valence-electron chi connectivity index (χ0n) is 17.3. The van der Waals surface area contributed by atoms with Gasteiger partial charge >= 0.3 is 0 Å². The summed E-state index contributed by atoms with van der Waals surface area (Å²) in [4.78, 5) is 4.68. The van der Waals surface area contributed by atoms with Gasteiger partial charge in [0.25, 0.3) is 10.0 Å². The first-order valence-corrected chi connectivity index (χ1v) is 11.6. The maximum atomic E-state index is 13.1. The van der Waals surface area contributed by atoms with Crippen molar-refractivity contribution in [1.29, 1.82) is 0 Å². The van der Waals surface area contributed by atoms with Gasteiger partial charge in [0.2, 0.25) is 0 Å². The molecule has 0 radical (unpaired) electrons.